The molecule has 0 aliphatic rings. The molecule has 1 unspecified atom stereocenters. The number of pyridine rings is 1. The first-order chi connectivity index (χ1) is 7.95. The third kappa shape index (κ3) is 4.22. The molecule has 0 saturated heterocycles. The highest BCUT2D eigenvalue weighted by molar-refractivity contribution is 7.89. The SMILES string of the molecule is CS(=O)CCNS(=O)(=O)c1ccc(C#N)nc1. The Kier molecular flexibility index (Phi) is 4.74. The zero-order valence-corrected chi connectivity index (χ0v) is 10.7. The van der Waals surface area contributed by atoms with Crippen LogP contribution in [0.3, 0.4) is 0 Å². The van der Waals surface area contributed by atoms with Crippen LogP contribution >= 0.6 is 0 Å². The lowest BCUT2D eigenvalue weighted by atomic mass is 10.4. The maximum absolute atomic E-state index is 11.7. The first-order valence-electron chi connectivity index (χ1n) is 4.61. The van der Waals surface area contributed by atoms with Gasteiger partial charge in [0.2, 0.25) is 10.0 Å². The molecule has 1 heterocycles. The van der Waals surface area contributed by atoms with Crippen LogP contribution in [0.25, 0.3) is 0 Å². The first kappa shape index (κ1) is 13.8. The normalized spacial score (nSPS) is 12.9. The summed E-state index contributed by atoms with van der Waals surface area (Å²) in [5.74, 6) is 0.253. The van der Waals surface area contributed by atoms with Crippen molar-refractivity contribution in [2.45, 2.75) is 4.90 Å². The quantitative estimate of drug-likeness (QED) is 0.787. The van der Waals surface area contributed by atoms with Gasteiger partial charge in [0.25, 0.3) is 0 Å². The summed E-state index contributed by atoms with van der Waals surface area (Å²) < 4.78 is 36.4. The van der Waals surface area contributed by atoms with E-state index < -0.39 is 20.8 Å². The highest BCUT2D eigenvalue weighted by Crippen LogP contribution is 2.06. The Morgan fingerprint density at radius 3 is 2.71 bits per heavy atom. The number of rotatable bonds is 5. The number of hydrogen-bond acceptors (Lipinski definition) is 5. The third-order valence-electron chi connectivity index (χ3n) is 1.84. The largest absolute Gasteiger partial charge is 0.260 e. The molecule has 0 spiro atoms. The van der Waals surface area contributed by atoms with Crippen LogP contribution in [-0.4, -0.2) is 36.2 Å². The lowest BCUT2D eigenvalue weighted by molar-refractivity contribution is 0.583. The Bertz CT molecular complexity index is 546. The van der Waals surface area contributed by atoms with Crippen LogP contribution in [0.15, 0.2) is 23.2 Å². The summed E-state index contributed by atoms with van der Waals surface area (Å²) in [5.41, 5.74) is 0.151. The molecule has 1 aromatic heterocycles. The van der Waals surface area contributed by atoms with Crippen molar-refractivity contribution in [1.29, 1.82) is 5.26 Å². The molecule has 0 aliphatic heterocycles. The average molecular weight is 273 g/mol. The Hall–Kier alpha value is -1.30. The van der Waals surface area contributed by atoms with Crippen molar-refractivity contribution in [1.82, 2.24) is 9.71 Å². The molecule has 8 heteroatoms. The van der Waals surface area contributed by atoms with Crippen molar-refractivity contribution in [2.75, 3.05) is 18.6 Å². The van der Waals surface area contributed by atoms with E-state index in [1.54, 1.807) is 6.07 Å². The Morgan fingerprint density at radius 1 is 1.53 bits per heavy atom. The summed E-state index contributed by atoms with van der Waals surface area (Å²) in [6, 6.07) is 4.43. The molecule has 0 aromatic carbocycles. The van der Waals surface area contributed by atoms with Crippen molar-refractivity contribution in [3.8, 4) is 6.07 Å². The minimum atomic E-state index is -3.64. The molecule has 1 rings (SSSR count). The molecular weight excluding hydrogens is 262 g/mol. The fraction of sp³-hybridized carbons (Fsp3) is 0.333. The Balaban J connectivity index is 2.76. The van der Waals surface area contributed by atoms with Crippen LogP contribution in [0.4, 0.5) is 0 Å². The summed E-state index contributed by atoms with van der Waals surface area (Å²) >= 11 is 0. The highest BCUT2D eigenvalue weighted by Gasteiger charge is 2.13. The Morgan fingerprint density at radius 2 is 2.24 bits per heavy atom. The van der Waals surface area contributed by atoms with E-state index in [1.165, 1.54) is 18.4 Å². The van der Waals surface area contributed by atoms with Gasteiger partial charge in [-0.1, -0.05) is 0 Å². The molecule has 1 N–H and O–H groups in total. The van der Waals surface area contributed by atoms with Gasteiger partial charge in [-0.2, -0.15) is 5.26 Å². The van der Waals surface area contributed by atoms with Crippen LogP contribution in [0.1, 0.15) is 5.69 Å². The number of nitrogens with zero attached hydrogens (tertiary/aromatic N) is 2. The highest BCUT2D eigenvalue weighted by atomic mass is 32.2. The summed E-state index contributed by atoms with van der Waals surface area (Å²) in [6.45, 7) is 0.103. The van der Waals surface area contributed by atoms with Gasteiger partial charge in [-0.25, -0.2) is 18.1 Å². The molecule has 0 radical (unpaired) electrons. The van der Waals surface area contributed by atoms with Crippen molar-refractivity contribution in [2.24, 2.45) is 0 Å². The summed E-state index contributed by atoms with van der Waals surface area (Å²) in [5, 5.41) is 8.52. The second kappa shape index (κ2) is 5.86. The van der Waals surface area contributed by atoms with Gasteiger partial charge >= 0.3 is 0 Å². The molecular formula is C9H11N3O3S2. The summed E-state index contributed by atoms with van der Waals surface area (Å²) in [6.07, 6.45) is 2.61. The maximum Gasteiger partial charge on any atom is 0.242 e. The van der Waals surface area contributed by atoms with E-state index in [9.17, 15) is 12.6 Å². The van der Waals surface area contributed by atoms with Crippen LogP contribution in [0.2, 0.25) is 0 Å². The van der Waals surface area contributed by atoms with Crippen LogP contribution in [-0.2, 0) is 20.8 Å². The van der Waals surface area contributed by atoms with E-state index in [-0.39, 0.29) is 22.9 Å². The number of nitrogens with one attached hydrogen (secondary N) is 1. The average Bonchev–Trinajstić information content (AvgIpc) is 2.28. The molecule has 6 nitrogen and oxygen atoms in total. The van der Waals surface area contributed by atoms with E-state index in [1.807, 2.05) is 0 Å². The Labute approximate surface area is 102 Å². The van der Waals surface area contributed by atoms with Gasteiger partial charge in [0.15, 0.2) is 0 Å². The monoisotopic (exact) mass is 273 g/mol. The molecule has 0 saturated carbocycles. The van der Waals surface area contributed by atoms with Crippen molar-refractivity contribution >= 4 is 20.8 Å². The van der Waals surface area contributed by atoms with Gasteiger partial charge in [-0.05, 0) is 12.1 Å². The van der Waals surface area contributed by atoms with E-state index >= 15 is 0 Å². The fourth-order valence-corrected chi connectivity index (χ4v) is 2.50. The number of hydrogen-bond donors (Lipinski definition) is 1. The molecule has 0 fully saturated rings. The topological polar surface area (TPSA) is 99.9 Å². The molecule has 92 valence electrons. The van der Waals surface area contributed by atoms with Gasteiger partial charge in [0.05, 0.1) is 0 Å². The molecule has 1 atom stereocenters. The van der Waals surface area contributed by atoms with Crippen molar-refractivity contribution in [3.63, 3.8) is 0 Å². The van der Waals surface area contributed by atoms with Crippen molar-refractivity contribution in [3.05, 3.63) is 24.0 Å². The minimum Gasteiger partial charge on any atom is -0.260 e. The zero-order valence-electron chi connectivity index (χ0n) is 9.08. The van der Waals surface area contributed by atoms with E-state index in [0.29, 0.717) is 0 Å². The second-order valence-electron chi connectivity index (χ2n) is 3.17. The van der Waals surface area contributed by atoms with Gasteiger partial charge < -0.3 is 0 Å². The number of aromatic nitrogens is 1. The van der Waals surface area contributed by atoms with Crippen LogP contribution < -0.4 is 4.72 Å². The molecule has 0 bridgehead atoms. The molecule has 17 heavy (non-hydrogen) atoms. The van der Waals surface area contributed by atoms with Gasteiger partial charge in [0.1, 0.15) is 16.7 Å². The smallest absolute Gasteiger partial charge is 0.242 e. The lowest BCUT2D eigenvalue weighted by Gasteiger charge is -2.05. The second-order valence-corrected chi connectivity index (χ2v) is 6.49. The van der Waals surface area contributed by atoms with Crippen LogP contribution in [0.5, 0.6) is 0 Å². The van der Waals surface area contributed by atoms with Gasteiger partial charge in [-0.15, -0.1) is 0 Å². The third-order valence-corrected chi connectivity index (χ3v) is 4.07. The van der Waals surface area contributed by atoms with E-state index in [2.05, 4.69) is 9.71 Å². The fourth-order valence-electron chi connectivity index (χ4n) is 1.01. The van der Waals surface area contributed by atoms with Gasteiger partial charge in [-0.3, -0.25) is 4.21 Å². The van der Waals surface area contributed by atoms with E-state index in [0.717, 1.165) is 6.20 Å². The predicted molar refractivity (Wildman–Crippen MR) is 63.1 cm³/mol. The van der Waals surface area contributed by atoms with Crippen LogP contribution in [0, 0.1) is 11.3 Å². The van der Waals surface area contributed by atoms with Gasteiger partial charge in [0, 0.05) is 35.5 Å². The standard InChI is InChI=1S/C9H11N3O3S2/c1-16(13)5-4-12-17(14,15)9-3-2-8(6-10)11-7-9/h2-3,7,12H,4-5H2,1H3. The maximum atomic E-state index is 11.7. The van der Waals surface area contributed by atoms with Crippen molar-refractivity contribution < 1.29 is 12.6 Å². The summed E-state index contributed by atoms with van der Waals surface area (Å²) in [7, 11) is -4.68. The van der Waals surface area contributed by atoms with E-state index in [4.69, 9.17) is 5.26 Å². The lowest BCUT2D eigenvalue weighted by Crippen LogP contribution is -2.27. The molecule has 0 amide bonds. The first-order valence-corrected chi connectivity index (χ1v) is 7.82. The number of nitriles is 1. The summed E-state index contributed by atoms with van der Waals surface area (Å²) in [4.78, 5) is 3.65. The molecule has 1 aromatic rings. The number of sulfonamides is 1. The predicted octanol–water partition coefficient (Wildman–Crippen LogP) is -0.390. The minimum absolute atomic E-state index is 0.0154. The molecule has 0 aliphatic carbocycles. The zero-order chi connectivity index (χ0) is 12.9.